The highest BCUT2D eigenvalue weighted by atomic mass is 19.1. The fourth-order valence-corrected chi connectivity index (χ4v) is 4.20. The number of pyridine rings is 1. The molecule has 2 nitrogen and oxygen atoms in total. The fourth-order valence-electron chi connectivity index (χ4n) is 4.20. The molecule has 132 valence electrons. The third-order valence-corrected chi connectivity index (χ3v) is 5.32. The monoisotopic (exact) mass is 354 g/mol. The topological polar surface area (TPSA) is 17.8 Å². The van der Waals surface area contributed by atoms with Gasteiger partial charge in [-0.3, -0.25) is 4.98 Å². The van der Waals surface area contributed by atoms with E-state index < -0.39 is 0 Å². The van der Waals surface area contributed by atoms with Gasteiger partial charge >= 0.3 is 0 Å². The van der Waals surface area contributed by atoms with E-state index in [9.17, 15) is 4.39 Å². The van der Waals surface area contributed by atoms with Crippen LogP contribution in [0.1, 0.15) is 12.1 Å². The van der Waals surface area contributed by atoms with Gasteiger partial charge in [-0.2, -0.15) is 0 Å². The maximum Gasteiger partial charge on any atom is 0.123 e. The minimum Gasteiger partial charge on any atom is -0.343 e. The van der Waals surface area contributed by atoms with Gasteiger partial charge in [0, 0.05) is 41.3 Å². The predicted octanol–water partition coefficient (Wildman–Crippen LogP) is 5.97. The van der Waals surface area contributed by atoms with Crippen LogP contribution in [-0.2, 0) is 13.0 Å². The third-order valence-electron chi connectivity index (χ3n) is 5.32. The molecule has 3 heteroatoms. The minimum absolute atomic E-state index is 0.211. The van der Waals surface area contributed by atoms with Gasteiger partial charge in [0.1, 0.15) is 5.82 Å². The van der Waals surface area contributed by atoms with E-state index in [1.165, 1.54) is 28.1 Å². The van der Waals surface area contributed by atoms with Crippen LogP contribution in [0.4, 0.5) is 4.39 Å². The highest BCUT2D eigenvalue weighted by Gasteiger charge is 2.28. The number of rotatable bonds is 3. The molecule has 3 heterocycles. The first kappa shape index (κ1) is 16.0. The smallest absolute Gasteiger partial charge is 0.123 e. The van der Waals surface area contributed by atoms with Crippen LogP contribution in [0.2, 0.25) is 0 Å². The molecular formula is C24H19FN2. The molecule has 0 saturated heterocycles. The molecule has 27 heavy (non-hydrogen) atoms. The van der Waals surface area contributed by atoms with Crippen LogP contribution in [0.15, 0.2) is 79.1 Å². The quantitative estimate of drug-likeness (QED) is 0.443. The molecule has 0 radical (unpaired) electrons. The summed E-state index contributed by atoms with van der Waals surface area (Å²) in [5.74, 6) is -0.211. The van der Waals surface area contributed by atoms with Gasteiger partial charge in [-0.25, -0.2) is 4.39 Å². The van der Waals surface area contributed by atoms with Crippen molar-refractivity contribution < 1.29 is 4.39 Å². The predicted molar refractivity (Wildman–Crippen MR) is 107 cm³/mol. The normalized spacial score (nSPS) is 12.9. The van der Waals surface area contributed by atoms with Gasteiger partial charge in [0.15, 0.2) is 0 Å². The van der Waals surface area contributed by atoms with Crippen molar-refractivity contribution in [2.45, 2.75) is 19.4 Å². The second-order valence-corrected chi connectivity index (χ2v) is 6.91. The number of nitrogens with zero attached hydrogens (tertiary/aromatic N) is 2. The first-order valence-corrected chi connectivity index (χ1v) is 9.30. The van der Waals surface area contributed by atoms with Gasteiger partial charge in [-0.1, -0.05) is 42.5 Å². The van der Waals surface area contributed by atoms with E-state index in [0.717, 1.165) is 30.5 Å². The van der Waals surface area contributed by atoms with Gasteiger partial charge in [-0.05, 0) is 48.2 Å². The van der Waals surface area contributed by atoms with Crippen molar-refractivity contribution in [3.8, 4) is 33.5 Å². The number of halogens is 1. The zero-order chi connectivity index (χ0) is 18.2. The molecule has 0 spiro atoms. The summed E-state index contributed by atoms with van der Waals surface area (Å²) in [6, 6.07) is 21.5. The van der Waals surface area contributed by atoms with Gasteiger partial charge in [0.2, 0.25) is 0 Å². The summed E-state index contributed by atoms with van der Waals surface area (Å²) in [4.78, 5) is 4.18. The molecule has 2 aromatic heterocycles. The molecular weight excluding hydrogens is 335 g/mol. The van der Waals surface area contributed by atoms with Gasteiger partial charge in [0.25, 0.3) is 0 Å². The average Bonchev–Trinajstić information content (AvgIpc) is 3.30. The van der Waals surface area contributed by atoms with Crippen molar-refractivity contribution >= 4 is 0 Å². The largest absolute Gasteiger partial charge is 0.343 e. The Morgan fingerprint density at radius 2 is 1.44 bits per heavy atom. The van der Waals surface area contributed by atoms with Crippen molar-refractivity contribution in [2.24, 2.45) is 0 Å². The molecule has 2 aromatic carbocycles. The molecule has 1 aliphatic rings. The second-order valence-electron chi connectivity index (χ2n) is 6.91. The van der Waals surface area contributed by atoms with Gasteiger partial charge in [0.05, 0.1) is 5.69 Å². The highest BCUT2D eigenvalue weighted by molar-refractivity contribution is 5.96. The molecule has 0 N–H and O–H groups in total. The van der Waals surface area contributed by atoms with Gasteiger partial charge in [-0.15, -0.1) is 0 Å². The summed E-state index contributed by atoms with van der Waals surface area (Å²) >= 11 is 0. The molecule has 0 unspecified atom stereocenters. The molecule has 0 fully saturated rings. The number of fused-ring (bicyclic) bond motifs is 1. The van der Waals surface area contributed by atoms with Crippen molar-refractivity contribution in [3.05, 3.63) is 90.6 Å². The molecule has 0 saturated carbocycles. The van der Waals surface area contributed by atoms with E-state index in [2.05, 4.69) is 45.9 Å². The Bertz CT molecular complexity index is 1020. The summed E-state index contributed by atoms with van der Waals surface area (Å²) in [5.41, 5.74) is 8.43. The maximum atomic E-state index is 13.6. The van der Waals surface area contributed by atoms with Gasteiger partial charge < -0.3 is 4.57 Å². The van der Waals surface area contributed by atoms with E-state index in [1.54, 1.807) is 12.1 Å². The van der Waals surface area contributed by atoms with Crippen LogP contribution in [0.5, 0.6) is 0 Å². The molecule has 4 aromatic rings. The van der Waals surface area contributed by atoms with E-state index in [4.69, 9.17) is 0 Å². The van der Waals surface area contributed by atoms with Crippen molar-refractivity contribution in [1.82, 2.24) is 9.55 Å². The van der Waals surface area contributed by atoms with Crippen molar-refractivity contribution in [2.75, 3.05) is 0 Å². The Hall–Kier alpha value is -3.20. The number of aromatic nitrogens is 2. The number of benzene rings is 2. The zero-order valence-electron chi connectivity index (χ0n) is 14.9. The molecule has 0 aliphatic carbocycles. The second kappa shape index (κ2) is 6.51. The average molecular weight is 354 g/mol. The number of hydrogen-bond acceptors (Lipinski definition) is 1. The van der Waals surface area contributed by atoms with Crippen LogP contribution in [-0.4, -0.2) is 9.55 Å². The van der Waals surface area contributed by atoms with E-state index in [-0.39, 0.29) is 5.82 Å². The van der Waals surface area contributed by atoms with E-state index in [1.807, 2.05) is 30.6 Å². The van der Waals surface area contributed by atoms with Crippen LogP contribution in [0, 0.1) is 5.82 Å². The van der Waals surface area contributed by atoms with Crippen LogP contribution < -0.4 is 0 Å². The summed E-state index contributed by atoms with van der Waals surface area (Å²) in [6.07, 6.45) is 5.88. The lowest BCUT2D eigenvalue weighted by molar-refractivity contribution is 0.628. The first-order valence-electron chi connectivity index (χ1n) is 9.30. The SMILES string of the molecule is Fc1ccc(-c2c(-c3ccccc3)c3n(c2-c2ccncc2)CCC3)cc1. The maximum absolute atomic E-state index is 13.6. The minimum atomic E-state index is -0.211. The summed E-state index contributed by atoms with van der Waals surface area (Å²) in [5, 5.41) is 0. The number of hydrogen-bond donors (Lipinski definition) is 0. The Labute approximate surface area is 157 Å². The fraction of sp³-hybridized carbons (Fsp3) is 0.125. The third kappa shape index (κ3) is 2.67. The van der Waals surface area contributed by atoms with Crippen LogP contribution in [0.3, 0.4) is 0 Å². The molecule has 0 amide bonds. The standard InChI is InChI=1S/C24H19FN2/c25-20-10-8-18(9-11-20)23-22(17-5-2-1-3-6-17)21-7-4-16-27(21)24(23)19-12-14-26-15-13-19/h1-3,5-6,8-15H,4,7,16H2. The van der Waals surface area contributed by atoms with E-state index >= 15 is 0 Å². The van der Waals surface area contributed by atoms with Crippen LogP contribution in [0.25, 0.3) is 33.5 Å². The molecule has 1 aliphatic heterocycles. The Balaban J connectivity index is 1.87. The molecule has 0 atom stereocenters. The van der Waals surface area contributed by atoms with Crippen molar-refractivity contribution in [3.63, 3.8) is 0 Å². The lowest BCUT2D eigenvalue weighted by Gasteiger charge is -2.12. The Morgan fingerprint density at radius 1 is 0.741 bits per heavy atom. The van der Waals surface area contributed by atoms with Crippen molar-refractivity contribution in [1.29, 1.82) is 0 Å². The lowest BCUT2D eigenvalue weighted by Crippen LogP contribution is -1.96. The molecule has 0 bridgehead atoms. The van der Waals surface area contributed by atoms with E-state index in [0.29, 0.717) is 0 Å². The zero-order valence-corrected chi connectivity index (χ0v) is 14.9. The first-order chi connectivity index (χ1) is 13.3. The Kier molecular flexibility index (Phi) is 3.86. The summed E-state index contributed by atoms with van der Waals surface area (Å²) in [7, 11) is 0. The van der Waals surface area contributed by atoms with Crippen LogP contribution >= 0.6 is 0 Å². The lowest BCUT2D eigenvalue weighted by atomic mass is 9.92. The summed E-state index contributed by atoms with van der Waals surface area (Å²) < 4.78 is 16.0. The Morgan fingerprint density at radius 3 is 2.19 bits per heavy atom. The molecule has 5 rings (SSSR count). The highest BCUT2D eigenvalue weighted by Crippen LogP contribution is 2.46. The summed E-state index contributed by atoms with van der Waals surface area (Å²) in [6.45, 7) is 1.01.